The van der Waals surface area contributed by atoms with E-state index in [1.54, 1.807) is 13.1 Å². The normalized spacial score (nSPS) is 18.4. The molecule has 1 aliphatic heterocycles. The number of halogens is 3. The molecule has 0 radical (unpaired) electrons. The predicted octanol–water partition coefficient (Wildman–Crippen LogP) is 2.57. The van der Waals surface area contributed by atoms with Crippen molar-refractivity contribution in [3.8, 4) is 0 Å². The molecule has 0 spiro atoms. The van der Waals surface area contributed by atoms with Gasteiger partial charge in [0.2, 0.25) is 0 Å². The van der Waals surface area contributed by atoms with Crippen LogP contribution in [0.3, 0.4) is 0 Å². The monoisotopic (exact) mass is 359 g/mol. The second-order valence-electron chi connectivity index (χ2n) is 5.76. The lowest BCUT2D eigenvalue weighted by Gasteiger charge is -2.14. The van der Waals surface area contributed by atoms with E-state index >= 15 is 0 Å². The van der Waals surface area contributed by atoms with Gasteiger partial charge in [-0.2, -0.15) is 13.2 Å². The fourth-order valence-corrected chi connectivity index (χ4v) is 2.44. The van der Waals surface area contributed by atoms with E-state index in [1.165, 1.54) is 6.07 Å². The maximum absolute atomic E-state index is 12.7. The number of benzene rings is 1. The molecule has 0 saturated carbocycles. The van der Waals surface area contributed by atoms with Gasteiger partial charge in [-0.1, -0.05) is 12.1 Å². The highest BCUT2D eigenvalue weighted by Gasteiger charge is 2.30. The molecule has 1 aromatic carbocycles. The zero-order valence-electron chi connectivity index (χ0n) is 14.2. The average Bonchev–Trinajstić information content (AvgIpc) is 3.10. The van der Waals surface area contributed by atoms with E-state index in [2.05, 4.69) is 15.6 Å². The van der Waals surface area contributed by atoms with Gasteiger partial charge in [0, 0.05) is 33.4 Å². The molecule has 1 fully saturated rings. The minimum Gasteiger partial charge on any atom is -0.379 e. The summed E-state index contributed by atoms with van der Waals surface area (Å²) >= 11 is 0. The molecule has 2 N–H and O–H groups in total. The third-order valence-electron chi connectivity index (χ3n) is 3.79. The quantitative estimate of drug-likeness (QED) is 0.446. The first-order chi connectivity index (χ1) is 12.0. The summed E-state index contributed by atoms with van der Waals surface area (Å²) in [6, 6.07) is 5.25. The van der Waals surface area contributed by atoms with Crippen LogP contribution in [0.25, 0.3) is 0 Å². The molecule has 1 heterocycles. The predicted molar refractivity (Wildman–Crippen MR) is 89.4 cm³/mol. The Balaban J connectivity index is 1.67. The molecular weight excluding hydrogens is 335 g/mol. The van der Waals surface area contributed by atoms with Crippen molar-refractivity contribution in [2.45, 2.75) is 31.7 Å². The van der Waals surface area contributed by atoms with Crippen molar-refractivity contribution in [2.24, 2.45) is 4.99 Å². The standard InChI is InChI=1S/C17H24F3N3O2/c1-21-16(22-7-3-8-25-15-6-9-24-12-15)23-11-13-4-2-5-14(10-13)17(18,19)20/h2,4-5,10,15H,3,6-9,11-12H2,1H3,(H2,21,22,23). The van der Waals surface area contributed by atoms with Crippen molar-refractivity contribution < 1.29 is 22.6 Å². The molecule has 1 unspecified atom stereocenters. The van der Waals surface area contributed by atoms with Crippen molar-refractivity contribution in [3.05, 3.63) is 35.4 Å². The molecular formula is C17H24F3N3O2. The Morgan fingerprint density at radius 2 is 2.20 bits per heavy atom. The van der Waals surface area contributed by atoms with Crippen LogP contribution >= 0.6 is 0 Å². The molecule has 8 heteroatoms. The number of hydrogen-bond acceptors (Lipinski definition) is 3. The van der Waals surface area contributed by atoms with Crippen LogP contribution in [0.4, 0.5) is 13.2 Å². The molecule has 5 nitrogen and oxygen atoms in total. The van der Waals surface area contributed by atoms with Gasteiger partial charge < -0.3 is 20.1 Å². The average molecular weight is 359 g/mol. The van der Waals surface area contributed by atoms with Crippen LogP contribution in [0.1, 0.15) is 24.0 Å². The van der Waals surface area contributed by atoms with Gasteiger partial charge in [-0.15, -0.1) is 0 Å². The molecule has 0 aliphatic carbocycles. The van der Waals surface area contributed by atoms with E-state index in [-0.39, 0.29) is 12.6 Å². The first-order valence-corrected chi connectivity index (χ1v) is 8.29. The minimum absolute atomic E-state index is 0.193. The summed E-state index contributed by atoms with van der Waals surface area (Å²) < 4.78 is 49.0. The van der Waals surface area contributed by atoms with Crippen LogP contribution in [-0.4, -0.2) is 45.5 Å². The molecule has 1 aromatic rings. The zero-order chi connectivity index (χ0) is 18.1. The molecule has 140 valence electrons. The molecule has 0 bridgehead atoms. The van der Waals surface area contributed by atoms with Gasteiger partial charge in [-0.05, 0) is 30.5 Å². The van der Waals surface area contributed by atoms with Gasteiger partial charge in [-0.25, -0.2) is 0 Å². The van der Waals surface area contributed by atoms with Crippen LogP contribution in [0, 0.1) is 0 Å². The number of aliphatic imine (C=N–C) groups is 1. The third kappa shape index (κ3) is 6.91. The number of nitrogens with one attached hydrogen (secondary N) is 2. The Kier molecular flexibility index (Phi) is 7.52. The number of rotatable bonds is 7. The highest BCUT2D eigenvalue weighted by atomic mass is 19.4. The summed E-state index contributed by atoms with van der Waals surface area (Å²) in [6.45, 7) is 2.98. The van der Waals surface area contributed by atoms with Crippen LogP contribution in [0.2, 0.25) is 0 Å². The van der Waals surface area contributed by atoms with Crippen molar-refractivity contribution >= 4 is 5.96 Å². The van der Waals surface area contributed by atoms with Gasteiger partial charge in [0.15, 0.2) is 5.96 Å². The zero-order valence-corrected chi connectivity index (χ0v) is 14.2. The van der Waals surface area contributed by atoms with Crippen molar-refractivity contribution in [3.63, 3.8) is 0 Å². The third-order valence-corrected chi connectivity index (χ3v) is 3.79. The summed E-state index contributed by atoms with van der Waals surface area (Å²) in [5, 5.41) is 6.12. The SMILES string of the molecule is CN=C(NCCCOC1CCOC1)NCc1cccc(C(F)(F)F)c1. The molecule has 1 atom stereocenters. The highest BCUT2D eigenvalue weighted by Crippen LogP contribution is 2.29. The van der Waals surface area contributed by atoms with Crippen LogP contribution in [0.15, 0.2) is 29.3 Å². The second-order valence-corrected chi connectivity index (χ2v) is 5.76. The first-order valence-electron chi connectivity index (χ1n) is 8.29. The minimum atomic E-state index is -4.33. The summed E-state index contributed by atoms with van der Waals surface area (Å²) in [5.74, 6) is 0.543. The molecule has 0 aromatic heterocycles. The van der Waals surface area contributed by atoms with Crippen molar-refractivity contribution in [1.29, 1.82) is 0 Å². The van der Waals surface area contributed by atoms with E-state index in [1.807, 2.05) is 0 Å². The number of ether oxygens (including phenoxy) is 2. The Morgan fingerprint density at radius 1 is 1.36 bits per heavy atom. The Morgan fingerprint density at radius 3 is 2.88 bits per heavy atom. The second kappa shape index (κ2) is 9.62. The van der Waals surface area contributed by atoms with E-state index < -0.39 is 11.7 Å². The van der Waals surface area contributed by atoms with E-state index in [4.69, 9.17) is 9.47 Å². The molecule has 0 amide bonds. The van der Waals surface area contributed by atoms with E-state index in [0.717, 1.165) is 31.6 Å². The fraction of sp³-hybridized carbons (Fsp3) is 0.588. The molecule has 25 heavy (non-hydrogen) atoms. The maximum Gasteiger partial charge on any atom is 0.416 e. The number of hydrogen-bond donors (Lipinski definition) is 2. The lowest BCUT2D eigenvalue weighted by molar-refractivity contribution is -0.137. The van der Waals surface area contributed by atoms with Gasteiger partial charge >= 0.3 is 6.18 Å². The van der Waals surface area contributed by atoms with Crippen molar-refractivity contribution in [1.82, 2.24) is 10.6 Å². The van der Waals surface area contributed by atoms with Crippen LogP contribution in [-0.2, 0) is 22.2 Å². The number of nitrogens with zero attached hydrogens (tertiary/aromatic N) is 1. The Bertz CT molecular complexity index is 558. The van der Waals surface area contributed by atoms with Crippen LogP contribution in [0.5, 0.6) is 0 Å². The first kappa shape index (κ1) is 19.5. The number of guanidine groups is 1. The van der Waals surface area contributed by atoms with Crippen molar-refractivity contribution in [2.75, 3.05) is 33.4 Å². The lowest BCUT2D eigenvalue weighted by Crippen LogP contribution is -2.37. The Hall–Kier alpha value is -1.80. The number of alkyl halides is 3. The molecule has 2 rings (SSSR count). The van der Waals surface area contributed by atoms with E-state index in [9.17, 15) is 13.2 Å². The Labute approximate surface area is 145 Å². The molecule has 1 aliphatic rings. The summed E-state index contributed by atoms with van der Waals surface area (Å²) in [4.78, 5) is 4.06. The molecule has 1 saturated heterocycles. The smallest absolute Gasteiger partial charge is 0.379 e. The van der Waals surface area contributed by atoms with Gasteiger partial charge in [0.1, 0.15) is 0 Å². The van der Waals surface area contributed by atoms with E-state index in [0.29, 0.717) is 31.3 Å². The van der Waals surface area contributed by atoms with Gasteiger partial charge in [0.25, 0.3) is 0 Å². The van der Waals surface area contributed by atoms with Gasteiger partial charge in [-0.3, -0.25) is 4.99 Å². The fourth-order valence-electron chi connectivity index (χ4n) is 2.44. The lowest BCUT2D eigenvalue weighted by atomic mass is 10.1. The highest BCUT2D eigenvalue weighted by molar-refractivity contribution is 5.79. The summed E-state index contributed by atoms with van der Waals surface area (Å²) in [5.41, 5.74) is -0.106. The largest absolute Gasteiger partial charge is 0.416 e. The summed E-state index contributed by atoms with van der Waals surface area (Å²) in [6.07, 6.45) is -2.40. The van der Waals surface area contributed by atoms with Crippen LogP contribution < -0.4 is 10.6 Å². The van der Waals surface area contributed by atoms with Gasteiger partial charge in [0.05, 0.1) is 18.3 Å². The maximum atomic E-state index is 12.7. The topological polar surface area (TPSA) is 54.9 Å². The summed E-state index contributed by atoms with van der Waals surface area (Å²) in [7, 11) is 1.62.